The van der Waals surface area contributed by atoms with Gasteiger partial charge in [-0.15, -0.1) is 0 Å². The van der Waals surface area contributed by atoms with Gasteiger partial charge in [-0.3, -0.25) is 9.59 Å². The predicted molar refractivity (Wildman–Crippen MR) is 150 cm³/mol. The molecule has 11 nitrogen and oxygen atoms in total. The second-order valence-corrected chi connectivity index (χ2v) is 10.8. The predicted octanol–water partition coefficient (Wildman–Crippen LogP) is 3.75. The standard InChI is InChI=1S/C30H37N3O8/c1-18(26(35)33-24(25(34)27(36)37)15-9-10-16-31-28(38)41-30(2,3)4)32-29(39)40-17-23-21-13-7-5-11-19(21)20-12-6-8-14-22(20)23/h5-8,11-14,18,23-24H,9-10,15-17H2,1-4H3,(H,31,38)(H,32,39)(H,33,35)(H,36,37)/t18?,24-/m0/s1. The van der Waals surface area contributed by atoms with Gasteiger partial charge in [0.25, 0.3) is 5.78 Å². The van der Waals surface area contributed by atoms with Crippen LogP contribution in [0, 0.1) is 0 Å². The van der Waals surface area contributed by atoms with Crippen LogP contribution in [0.3, 0.4) is 0 Å². The molecule has 0 saturated heterocycles. The Morgan fingerprint density at radius 3 is 2.02 bits per heavy atom. The van der Waals surface area contributed by atoms with Crippen LogP contribution in [0.2, 0.25) is 0 Å². The number of amides is 3. The first-order chi connectivity index (χ1) is 19.4. The maximum atomic E-state index is 12.7. The van der Waals surface area contributed by atoms with Crippen LogP contribution in [-0.2, 0) is 23.9 Å². The van der Waals surface area contributed by atoms with Gasteiger partial charge in [0.15, 0.2) is 0 Å². The number of ether oxygens (including phenoxy) is 2. The molecule has 3 amide bonds. The summed E-state index contributed by atoms with van der Waals surface area (Å²) < 4.78 is 10.6. The largest absolute Gasteiger partial charge is 0.475 e. The summed E-state index contributed by atoms with van der Waals surface area (Å²) in [5, 5.41) is 16.6. The third kappa shape index (κ3) is 8.79. The van der Waals surface area contributed by atoms with E-state index in [1.807, 2.05) is 48.5 Å². The van der Waals surface area contributed by atoms with Crippen LogP contribution in [0.1, 0.15) is 64.0 Å². The molecule has 0 radical (unpaired) electrons. The van der Waals surface area contributed by atoms with Crippen molar-refractivity contribution < 1.29 is 38.6 Å². The number of benzene rings is 2. The molecule has 4 N–H and O–H groups in total. The van der Waals surface area contributed by atoms with Crippen molar-refractivity contribution in [1.29, 1.82) is 0 Å². The normalized spacial score (nSPS) is 13.7. The van der Waals surface area contributed by atoms with Crippen LogP contribution in [0.5, 0.6) is 0 Å². The zero-order valence-corrected chi connectivity index (χ0v) is 23.7. The number of carbonyl (C=O) groups is 5. The number of Topliss-reactive ketones (excluding diaryl/α,β-unsaturated/α-hetero) is 1. The first-order valence-electron chi connectivity index (χ1n) is 13.5. The van der Waals surface area contributed by atoms with Crippen molar-refractivity contribution in [2.75, 3.05) is 13.2 Å². The number of hydrogen-bond acceptors (Lipinski definition) is 7. The molecule has 0 fully saturated rings. The van der Waals surface area contributed by atoms with Gasteiger partial charge in [-0.05, 0) is 69.2 Å². The van der Waals surface area contributed by atoms with Gasteiger partial charge in [-0.25, -0.2) is 14.4 Å². The molecule has 220 valence electrons. The van der Waals surface area contributed by atoms with Crippen LogP contribution in [0.25, 0.3) is 11.1 Å². The number of carbonyl (C=O) groups excluding carboxylic acids is 4. The van der Waals surface area contributed by atoms with Gasteiger partial charge >= 0.3 is 18.2 Å². The van der Waals surface area contributed by atoms with E-state index in [0.717, 1.165) is 22.3 Å². The Labute approximate surface area is 239 Å². The van der Waals surface area contributed by atoms with E-state index in [4.69, 9.17) is 9.47 Å². The fourth-order valence-corrected chi connectivity index (χ4v) is 4.58. The average Bonchev–Trinajstić information content (AvgIpc) is 3.23. The van der Waals surface area contributed by atoms with E-state index in [-0.39, 0.29) is 25.5 Å². The molecule has 0 aliphatic heterocycles. The van der Waals surface area contributed by atoms with Crippen LogP contribution in [-0.4, -0.2) is 65.8 Å². The van der Waals surface area contributed by atoms with Crippen molar-refractivity contribution in [1.82, 2.24) is 16.0 Å². The summed E-state index contributed by atoms with van der Waals surface area (Å²) in [5.74, 6) is -3.74. The molecule has 3 rings (SSSR count). The van der Waals surface area contributed by atoms with E-state index < -0.39 is 47.5 Å². The van der Waals surface area contributed by atoms with Gasteiger partial charge < -0.3 is 30.5 Å². The number of carboxylic acids is 1. The SMILES string of the molecule is CC(NC(=O)OCC1c2ccccc2-c2ccccc21)C(=O)N[C@@H](CCCCNC(=O)OC(C)(C)C)C(=O)C(=O)O. The Hall–Kier alpha value is -4.41. The molecule has 41 heavy (non-hydrogen) atoms. The number of alkyl carbamates (subject to hydrolysis) is 2. The number of fused-ring (bicyclic) bond motifs is 3. The van der Waals surface area contributed by atoms with Gasteiger partial charge in [0, 0.05) is 12.5 Å². The van der Waals surface area contributed by atoms with Gasteiger partial charge in [0.05, 0.1) is 6.04 Å². The number of rotatable bonds is 12. The minimum Gasteiger partial charge on any atom is -0.475 e. The molecule has 0 heterocycles. The highest BCUT2D eigenvalue weighted by molar-refractivity contribution is 6.35. The summed E-state index contributed by atoms with van der Waals surface area (Å²) in [6, 6.07) is 13.4. The summed E-state index contributed by atoms with van der Waals surface area (Å²) in [4.78, 5) is 60.5. The molecule has 1 aliphatic rings. The highest BCUT2D eigenvalue weighted by Crippen LogP contribution is 2.44. The van der Waals surface area contributed by atoms with E-state index in [1.165, 1.54) is 6.92 Å². The lowest BCUT2D eigenvalue weighted by Gasteiger charge is -2.21. The lowest BCUT2D eigenvalue weighted by Crippen LogP contribution is -2.51. The maximum absolute atomic E-state index is 12.7. The molecule has 1 aliphatic carbocycles. The number of hydrogen-bond donors (Lipinski definition) is 4. The summed E-state index contributed by atoms with van der Waals surface area (Å²) in [6.07, 6.45) is -0.606. The Morgan fingerprint density at radius 2 is 1.46 bits per heavy atom. The second kappa shape index (κ2) is 13.8. The lowest BCUT2D eigenvalue weighted by atomic mass is 9.98. The van der Waals surface area contributed by atoms with Crippen LogP contribution in [0.4, 0.5) is 9.59 Å². The third-order valence-corrected chi connectivity index (χ3v) is 6.50. The summed E-state index contributed by atoms with van der Waals surface area (Å²) in [5.41, 5.74) is 3.61. The van der Waals surface area contributed by atoms with Gasteiger partial charge in [0.2, 0.25) is 5.91 Å². The zero-order valence-electron chi connectivity index (χ0n) is 23.7. The Bertz CT molecular complexity index is 1240. The van der Waals surface area contributed by atoms with Crippen molar-refractivity contribution in [3.8, 4) is 11.1 Å². The molecule has 0 aromatic heterocycles. The summed E-state index contributed by atoms with van der Waals surface area (Å²) in [6.45, 7) is 6.93. The maximum Gasteiger partial charge on any atom is 0.407 e. The fourth-order valence-electron chi connectivity index (χ4n) is 4.58. The molecule has 0 spiro atoms. The molecular formula is C30H37N3O8. The van der Waals surface area contributed by atoms with Crippen molar-refractivity contribution in [2.45, 2.75) is 70.6 Å². The highest BCUT2D eigenvalue weighted by Gasteiger charge is 2.31. The molecule has 2 atom stereocenters. The molecular weight excluding hydrogens is 530 g/mol. The highest BCUT2D eigenvalue weighted by atomic mass is 16.6. The van der Waals surface area contributed by atoms with Crippen LogP contribution >= 0.6 is 0 Å². The van der Waals surface area contributed by atoms with Crippen molar-refractivity contribution in [2.24, 2.45) is 0 Å². The van der Waals surface area contributed by atoms with E-state index in [2.05, 4.69) is 16.0 Å². The Kier molecular flexibility index (Phi) is 10.5. The molecule has 2 aromatic carbocycles. The average molecular weight is 568 g/mol. The smallest absolute Gasteiger partial charge is 0.407 e. The molecule has 11 heteroatoms. The zero-order chi connectivity index (χ0) is 30.2. The van der Waals surface area contributed by atoms with Gasteiger partial charge in [-0.2, -0.15) is 0 Å². The summed E-state index contributed by atoms with van der Waals surface area (Å²) >= 11 is 0. The lowest BCUT2D eigenvalue weighted by molar-refractivity contribution is -0.150. The van der Waals surface area contributed by atoms with Crippen LogP contribution < -0.4 is 16.0 Å². The molecule has 0 bridgehead atoms. The van der Waals surface area contributed by atoms with Crippen LogP contribution in [0.15, 0.2) is 48.5 Å². The number of carboxylic acid groups (broad SMARTS) is 1. The fraction of sp³-hybridized carbons (Fsp3) is 0.433. The van der Waals surface area contributed by atoms with E-state index in [9.17, 15) is 29.1 Å². The van der Waals surface area contributed by atoms with Gasteiger partial charge in [-0.1, -0.05) is 48.5 Å². The number of aliphatic carboxylic acids is 1. The topological polar surface area (TPSA) is 160 Å². The summed E-state index contributed by atoms with van der Waals surface area (Å²) in [7, 11) is 0. The van der Waals surface area contributed by atoms with E-state index >= 15 is 0 Å². The van der Waals surface area contributed by atoms with Crippen molar-refractivity contribution in [3.63, 3.8) is 0 Å². The number of nitrogens with one attached hydrogen (secondary N) is 3. The Morgan fingerprint density at radius 1 is 0.878 bits per heavy atom. The van der Waals surface area contributed by atoms with Crippen molar-refractivity contribution in [3.05, 3.63) is 59.7 Å². The van der Waals surface area contributed by atoms with E-state index in [1.54, 1.807) is 20.8 Å². The molecule has 1 unspecified atom stereocenters. The minimum atomic E-state index is -1.68. The Balaban J connectivity index is 1.48. The monoisotopic (exact) mass is 567 g/mol. The first kappa shape index (κ1) is 31.1. The van der Waals surface area contributed by atoms with Gasteiger partial charge in [0.1, 0.15) is 18.2 Å². The minimum absolute atomic E-state index is 0.0323. The molecule has 2 aromatic rings. The number of unbranched alkanes of at least 4 members (excludes halogenated alkanes) is 1. The molecule has 0 saturated carbocycles. The van der Waals surface area contributed by atoms with E-state index in [0.29, 0.717) is 12.8 Å². The number of ketones is 1. The quantitative estimate of drug-likeness (QED) is 0.223. The third-order valence-electron chi connectivity index (χ3n) is 6.50. The second-order valence-electron chi connectivity index (χ2n) is 10.8. The first-order valence-corrected chi connectivity index (χ1v) is 13.5. The van der Waals surface area contributed by atoms with Crippen molar-refractivity contribution >= 4 is 29.8 Å².